The number of amides is 2. The molecule has 7 heteroatoms. The van der Waals surface area contributed by atoms with E-state index in [0.29, 0.717) is 5.75 Å². The van der Waals surface area contributed by atoms with Crippen molar-refractivity contribution >= 4 is 17.8 Å². The monoisotopic (exact) mass is 342 g/mol. The molecular formula is C18H18N2O5. The molecule has 0 atom stereocenters. The minimum absolute atomic E-state index is 0.211. The van der Waals surface area contributed by atoms with Crippen LogP contribution in [0.1, 0.15) is 26.3 Å². The molecule has 25 heavy (non-hydrogen) atoms. The summed E-state index contributed by atoms with van der Waals surface area (Å²) in [6, 6.07) is 13.2. The Bertz CT molecular complexity index is 771. The number of carbonyl (C=O) groups excluding carboxylic acids is 3. The van der Waals surface area contributed by atoms with E-state index >= 15 is 0 Å². The maximum absolute atomic E-state index is 12.0. The van der Waals surface area contributed by atoms with Gasteiger partial charge in [0.05, 0.1) is 12.7 Å². The number of benzene rings is 2. The molecule has 0 spiro atoms. The summed E-state index contributed by atoms with van der Waals surface area (Å²) < 4.78 is 9.89. The first-order chi connectivity index (χ1) is 12.0. The Balaban J connectivity index is 1.83. The molecule has 0 saturated heterocycles. The molecule has 2 N–H and O–H groups in total. The van der Waals surface area contributed by atoms with Crippen LogP contribution in [0.3, 0.4) is 0 Å². The maximum atomic E-state index is 12.0. The Morgan fingerprint density at radius 1 is 0.960 bits per heavy atom. The van der Waals surface area contributed by atoms with Gasteiger partial charge in [0.1, 0.15) is 5.75 Å². The molecule has 0 radical (unpaired) electrons. The van der Waals surface area contributed by atoms with Crippen LogP contribution in [0.5, 0.6) is 5.75 Å². The number of esters is 1. The van der Waals surface area contributed by atoms with Crippen molar-refractivity contribution in [3.05, 3.63) is 65.2 Å². The topological polar surface area (TPSA) is 93.7 Å². The van der Waals surface area contributed by atoms with Crippen LogP contribution in [0.4, 0.5) is 0 Å². The number of hydrogen-bond acceptors (Lipinski definition) is 5. The first-order valence-electron chi connectivity index (χ1n) is 7.46. The van der Waals surface area contributed by atoms with Crippen LogP contribution >= 0.6 is 0 Å². The van der Waals surface area contributed by atoms with Crippen LogP contribution < -0.4 is 15.6 Å². The molecule has 7 nitrogen and oxygen atoms in total. The largest absolute Gasteiger partial charge is 0.484 e. The lowest BCUT2D eigenvalue weighted by Gasteiger charge is -2.09. The zero-order valence-corrected chi connectivity index (χ0v) is 13.9. The molecule has 0 saturated carbocycles. The molecule has 2 amide bonds. The van der Waals surface area contributed by atoms with Crippen LogP contribution in [0.2, 0.25) is 0 Å². The molecule has 0 aliphatic carbocycles. The number of ether oxygens (including phenoxy) is 2. The van der Waals surface area contributed by atoms with E-state index in [1.54, 1.807) is 18.2 Å². The minimum Gasteiger partial charge on any atom is -0.484 e. The Labute approximate surface area is 144 Å². The highest BCUT2D eigenvalue weighted by Crippen LogP contribution is 2.11. The highest BCUT2D eigenvalue weighted by atomic mass is 16.5. The van der Waals surface area contributed by atoms with Crippen LogP contribution in [-0.4, -0.2) is 31.5 Å². The molecule has 2 rings (SSSR count). The molecule has 0 bridgehead atoms. The average Bonchev–Trinajstić information content (AvgIpc) is 2.65. The van der Waals surface area contributed by atoms with Crippen molar-refractivity contribution in [2.45, 2.75) is 6.92 Å². The molecule has 0 unspecified atom stereocenters. The fourth-order valence-corrected chi connectivity index (χ4v) is 1.92. The fourth-order valence-electron chi connectivity index (χ4n) is 1.92. The van der Waals surface area contributed by atoms with E-state index in [1.807, 2.05) is 19.1 Å². The molecule has 0 aliphatic heterocycles. The molecule has 130 valence electrons. The van der Waals surface area contributed by atoms with Gasteiger partial charge in [-0.25, -0.2) is 4.79 Å². The Kier molecular flexibility index (Phi) is 6.11. The number of carbonyl (C=O) groups is 3. The van der Waals surface area contributed by atoms with E-state index in [1.165, 1.54) is 25.3 Å². The lowest BCUT2D eigenvalue weighted by atomic mass is 10.1. The number of methoxy groups -OCH3 is 1. The average molecular weight is 342 g/mol. The third kappa shape index (κ3) is 5.35. The van der Waals surface area contributed by atoms with Crippen molar-refractivity contribution in [2.75, 3.05) is 13.7 Å². The van der Waals surface area contributed by atoms with E-state index < -0.39 is 17.8 Å². The molecule has 0 aromatic heterocycles. The van der Waals surface area contributed by atoms with Gasteiger partial charge in [-0.05, 0) is 37.3 Å². The third-order valence-corrected chi connectivity index (χ3v) is 3.25. The van der Waals surface area contributed by atoms with Gasteiger partial charge in [0.2, 0.25) is 0 Å². The standard InChI is InChI=1S/C18H18N2O5/c1-12-6-8-15(9-7-12)25-11-16(21)19-20-17(22)13-4-3-5-14(10-13)18(23)24-2/h3-10H,11H2,1-2H3,(H,19,21)(H,20,22). The quantitative estimate of drug-likeness (QED) is 0.636. The summed E-state index contributed by atoms with van der Waals surface area (Å²) in [5.74, 6) is -1.07. The highest BCUT2D eigenvalue weighted by molar-refractivity contribution is 5.98. The zero-order chi connectivity index (χ0) is 18.2. The van der Waals surface area contributed by atoms with E-state index in [0.717, 1.165) is 5.56 Å². The van der Waals surface area contributed by atoms with Crippen molar-refractivity contribution in [2.24, 2.45) is 0 Å². The first-order valence-corrected chi connectivity index (χ1v) is 7.46. The maximum Gasteiger partial charge on any atom is 0.337 e. The minimum atomic E-state index is -0.561. The second-order valence-electron chi connectivity index (χ2n) is 5.18. The fraction of sp³-hybridized carbons (Fsp3) is 0.167. The highest BCUT2D eigenvalue weighted by Gasteiger charge is 2.11. The Morgan fingerprint density at radius 2 is 1.64 bits per heavy atom. The summed E-state index contributed by atoms with van der Waals surface area (Å²) in [5.41, 5.74) is 6.04. The normalized spacial score (nSPS) is 9.84. The van der Waals surface area contributed by atoms with Crippen molar-refractivity contribution in [3.8, 4) is 5.75 Å². The SMILES string of the molecule is COC(=O)c1cccc(C(=O)NNC(=O)COc2ccc(C)cc2)c1. The van der Waals surface area contributed by atoms with Gasteiger partial charge in [0, 0.05) is 5.56 Å². The second kappa shape index (κ2) is 8.49. The van der Waals surface area contributed by atoms with Crippen molar-refractivity contribution in [1.82, 2.24) is 10.9 Å². The molecule has 2 aromatic carbocycles. The van der Waals surface area contributed by atoms with Gasteiger partial charge in [-0.2, -0.15) is 0 Å². The number of nitrogens with one attached hydrogen (secondary N) is 2. The Morgan fingerprint density at radius 3 is 2.32 bits per heavy atom. The van der Waals surface area contributed by atoms with Crippen molar-refractivity contribution in [1.29, 1.82) is 0 Å². The zero-order valence-electron chi connectivity index (χ0n) is 13.9. The van der Waals surface area contributed by atoms with Crippen LogP contribution in [0, 0.1) is 6.92 Å². The summed E-state index contributed by atoms with van der Waals surface area (Å²) in [7, 11) is 1.25. The lowest BCUT2D eigenvalue weighted by molar-refractivity contribution is -0.123. The molecule has 2 aromatic rings. The van der Waals surface area contributed by atoms with Crippen molar-refractivity contribution in [3.63, 3.8) is 0 Å². The number of rotatable bonds is 5. The van der Waals surface area contributed by atoms with Gasteiger partial charge < -0.3 is 9.47 Å². The van der Waals surface area contributed by atoms with Crippen LogP contribution in [0.15, 0.2) is 48.5 Å². The summed E-state index contributed by atoms with van der Waals surface area (Å²) in [6.45, 7) is 1.70. The second-order valence-corrected chi connectivity index (χ2v) is 5.18. The van der Waals surface area contributed by atoms with Gasteiger partial charge in [-0.3, -0.25) is 20.4 Å². The predicted molar refractivity (Wildman–Crippen MR) is 90.1 cm³/mol. The predicted octanol–water partition coefficient (Wildman–Crippen LogP) is 1.62. The summed E-state index contributed by atoms with van der Waals surface area (Å²) in [6.07, 6.45) is 0. The van der Waals surface area contributed by atoms with Gasteiger partial charge in [-0.15, -0.1) is 0 Å². The van der Waals surface area contributed by atoms with E-state index in [4.69, 9.17) is 4.74 Å². The van der Waals surface area contributed by atoms with E-state index in [2.05, 4.69) is 15.6 Å². The molecule has 0 aliphatic rings. The molecule has 0 heterocycles. The smallest absolute Gasteiger partial charge is 0.337 e. The summed E-state index contributed by atoms with van der Waals surface area (Å²) in [4.78, 5) is 35.2. The van der Waals surface area contributed by atoms with Gasteiger partial charge >= 0.3 is 5.97 Å². The van der Waals surface area contributed by atoms with E-state index in [-0.39, 0.29) is 17.7 Å². The third-order valence-electron chi connectivity index (χ3n) is 3.25. The number of hydrogen-bond donors (Lipinski definition) is 2. The first kappa shape index (κ1) is 18.0. The van der Waals surface area contributed by atoms with Crippen molar-refractivity contribution < 1.29 is 23.9 Å². The van der Waals surface area contributed by atoms with E-state index in [9.17, 15) is 14.4 Å². The molecular weight excluding hydrogens is 324 g/mol. The van der Waals surface area contributed by atoms with Gasteiger partial charge in [0.25, 0.3) is 11.8 Å². The van der Waals surface area contributed by atoms with Crippen LogP contribution in [-0.2, 0) is 9.53 Å². The molecule has 0 fully saturated rings. The Hall–Kier alpha value is -3.35. The summed E-state index contributed by atoms with van der Waals surface area (Å²) in [5, 5.41) is 0. The van der Waals surface area contributed by atoms with Gasteiger partial charge in [0.15, 0.2) is 6.61 Å². The number of hydrazine groups is 1. The lowest BCUT2D eigenvalue weighted by Crippen LogP contribution is -2.43. The number of aryl methyl sites for hydroxylation is 1. The van der Waals surface area contributed by atoms with Crippen LogP contribution in [0.25, 0.3) is 0 Å². The van der Waals surface area contributed by atoms with Gasteiger partial charge in [-0.1, -0.05) is 23.8 Å². The summed E-state index contributed by atoms with van der Waals surface area (Å²) >= 11 is 0.